The maximum absolute atomic E-state index is 3.67. The summed E-state index contributed by atoms with van der Waals surface area (Å²) in [4.78, 5) is 3.67. The number of H-pyrrole nitrogens is 1. The van der Waals surface area contributed by atoms with E-state index in [9.17, 15) is 0 Å². The van der Waals surface area contributed by atoms with E-state index >= 15 is 0 Å². The smallest absolute Gasteiger partial charge is 0.0788 e. The first-order chi connectivity index (χ1) is 38.2. The van der Waals surface area contributed by atoms with Gasteiger partial charge in [-0.15, -0.1) is 0 Å². The highest BCUT2D eigenvalue weighted by Gasteiger charge is 2.22. The Morgan fingerprint density at radius 2 is 0.571 bits per heavy atom. The summed E-state index contributed by atoms with van der Waals surface area (Å²) in [5, 5.41) is 12.4. The highest BCUT2D eigenvalue weighted by molar-refractivity contribution is 6.24. The molecule has 0 saturated carbocycles. The van der Waals surface area contributed by atoms with Gasteiger partial charge in [0.05, 0.1) is 44.1 Å². The van der Waals surface area contributed by atoms with E-state index in [0.717, 1.165) is 33.8 Å². The number of nitrogens with one attached hydrogen (secondary N) is 1. The van der Waals surface area contributed by atoms with Crippen molar-refractivity contribution in [3.63, 3.8) is 0 Å². The van der Waals surface area contributed by atoms with Crippen LogP contribution in [-0.4, -0.2) is 23.3 Å². The maximum atomic E-state index is 3.67. The van der Waals surface area contributed by atoms with Gasteiger partial charge in [-0.3, -0.25) is 0 Å². The lowest BCUT2D eigenvalue weighted by Gasteiger charge is -2.13. The molecule has 1 N–H and O–H groups in total. The molecule has 0 amide bonds. The van der Waals surface area contributed by atoms with Crippen LogP contribution in [0.5, 0.6) is 0 Å². The number of hydrogen-bond acceptors (Lipinski definition) is 0. The lowest BCUT2D eigenvalue weighted by molar-refractivity contribution is 1.15. The lowest BCUT2D eigenvalue weighted by Crippen LogP contribution is -1.98. The predicted molar refractivity (Wildman–Crippen MR) is 324 cm³/mol. The van der Waals surface area contributed by atoms with E-state index < -0.39 is 0 Å². The van der Waals surface area contributed by atoms with Gasteiger partial charge in [0, 0.05) is 87.6 Å². The van der Waals surface area contributed by atoms with Crippen molar-refractivity contribution in [2.45, 2.75) is 0 Å². The zero-order valence-electron chi connectivity index (χ0n) is 41.7. The van der Waals surface area contributed by atoms with Gasteiger partial charge in [0.25, 0.3) is 0 Å². The maximum Gasteiger partial charge on any atom is 0.0788 e. The van der Waals surface area contributed by atoms with Crippen molar-refractivity contribution in [3.05, 3.63) is 267 Å². The highest BCUT2D eigenvalue weighted by Crippen LogP contribution is 2.44. The molecule has 358 valence electrons. The minimum Gasteiger partial charge on any atom is -0.354 e. The van der Waals surface area contributed by atoms with Gasteiger partial charge >= 0.3 is 0 Å². The minimum atomic E-state index is 1.12. The van der Waals surface area contributed by atoms with E-state index in [1.54, 1.807) is 0 Å². The van der Waals surface area contributed by atoms with Gasteiger partial charge in [0.2, 0.25) is 0 Å². The summed E-state index contributed by atoms with van der Waals surface area (Å²) in [6.07, 6.45) is 0. The van der Waals surface area contributed by atoms with Gasteiger partial charge in [0.15, 0.2) is 0 Å². The molecule has 0 aliphatic carbocycles. The van der Waals surface area contributed by atoms with E-state index in [1.807, 2.05) is 0 Å². The molecule has 0 radical (unpaired) electrons. The number of para-hydroxylation sites is 6. The van der Waals surface area contributed by atoms with Crippen LogP contribution < -0.4 is 0 Å². The third kappa shape index (κ3) is 6.11. The molecular formula is C72H45N5. The minimum absolute atomic E-state index is 1.12. The zero-order chi connectivity index (χ0) is 50.3. The highest BCUT2D eigenvalue weighted by atomic mass is 15.0. The van der Waals surface area contributed by atoms with Crippen molar-refractivity contribution >= 4 is 109 Å². The second-order valence-corrected chi connectivity index (χ2v) is 20.6. The number of nitrogens with zero attached hydrogens (tertiary/aromatic N) is 4. The largest absolute Gasteiger partial charge is 0.354 e. The van der Waals surface area contributed by atoms with Gasteiger partial charge in [-0.2, -0.15) is 0 Å². The fraction of sp³-hybridized carbons (Fsp3) is 0. The number of rotatable bonds is 6. The predicted octanol–water partition coefficient (Wildman–Crippen LogP) is 19.0. The summed E-state index contributed by atoms with van der Waals surface area (Å²) >= 11 is 0. The summed E-state index contributed by atoms with van der Waals surface area (Å²) < 4.78 is 9.76. The second kappa shape index (κ2) is 16.1. The normalized spacial score (nSPS) is 12.2. The molecule has 0 unspecified atom stereocenters. The van der Waals surface area contributed by atoms with E-state index in [2.05, 4.69) is 290 Å². The van der Waals surface area contributed by atoms with E-state index in [1.165, 1.54) is 120 Å². The van der Waals surface area contributed by atoms with Gasteiger partial charge in [-0.25, -0.2) is 0 Å². The summed E-state index contributed by atoms with van der Waals surface area (Å²) in [7, 11) is 0. The van der Waals surface area contributed by atoms with Gasteiger partial charge in [0.1, 0.15) is 0 Å². The van der Waals surface area contributed by atoms with Crippen molar-refractivity contribution in [1.29, 1.82) is 0 Å². The molecule has 0 spiro atoms. The Morgan fingerprint density at radius 1 is 0.195 bits per heavy atom. The van der Waals surface area contributed by atoms with E-state index in [-0.39, 0.29) is 0 Å². The average molecular weight is 980 g/mol. The fourth-order valence-electron chi connectivity index (χ4n) is 13.0. The molecule has 5 heteroatoms. The topological polar surface area (TPSA) is 35.5 Å². The van der Waals surface area contributed by atoms with Gasteiger partial charge in [-0.1, -0.05) is 158 Å². The molecule has 5 aromatic heterocycles. The van der Waals surface area contributed by atoms with Crippen molar-refractivity contribution in [2.75, 3.05) is 0 Å². The molecule has 0 atom stereocenters. The van der Waals surface area contributed by atoms with E-state index in [4.69, 9.17) is 0 Å². The van der Waals surface area contributed by atoms with Crippen LogP contribution in [0.4, 0.5) is 0 Å². The number of benzene rings is 12. The SMILES string of the molecule is c1ccc(-n2c3ccc(-c4ccc(-n5c6ccccc6c6cc7[nH]c8ccccc8c7cc65)cc4)cc3c3cc(-c4ccc(-n5c6ccccc6c6ccc7c8ccccc8n(-c8ccccc8)c7c65)cc4)ccc32)cc1. The Labute approximate surface area is 441 Å². The van der Waals surface area contributed by atoms with Crippen molar-refractivity contribution in [2.24, 2.45) is 0 Å². The summed E-state index contributed by atoms with van der Waals surface area (Å²) in [6.45, 7) is 0. The van der Waals surface area contributed by atoms with Crippen molar-refractivity contribution in [1.82, 2.24) is 23.3 Å². The molecule has 12 aromatic carbocycles. The second-order valence-electron chi connectivity index (χ2n) is 20.6. The van der Waals surface area contributed by atoms with Crippen molar-refractivity contribution < 1.29 is 0 Å². The van der Waals surface area contributed by atoms with Crippen LogP contribution in [0.25, 0.3) is 154 Å². The van der Waals surface area contributed by atoms with Crippen LogP contribution in [0.2, 0.25) is 0 Å². The Hall–Kier alpha value is -10.4. The molecule has 0 aliphatic heterocycles. The molecule has 77 heavy (non-hydrogen) atoms. The third-order valence-corrected chi connectivity index (χ3v) is 16.5. The van der Waals surface area contributed by atoms with Crippen LogP contribution in [0.1, 0.15) is 0 Å². The molecule has 5 heterocycles. The summed E-state index contributed by atoms with van der Waals surface area (Å²) in [5.74, 6) is 0. The number of aromatic amines is 1. The van der Waals surface area contributed by atoms with E-state index in [0.29, 0.717) is 0 Å². The standard InChI is InChI=1S/C72H45N5/c1-3-15-49(16-4-1)74-68-39-31-47(45-27-33-51(34-28-45)75-65-24-12-10-22-56(65)62-43-64-59(44-70(62)75)53-19-7-11-23-63(53)73-64)41-60(68)61-42-48(32-40-69(61)74)46-29-35-52(36-30-46)77-67-26-14-9-21-55(67)58-38-37-57-54-20-8-13-25-66(54)76(71(57)72(58)77)50-17-5-2-6-18-50/h1-44,73H. The Kier molecular flexibility index (Phi) is 8.77. The summed E-state index contributed by atoms with van der Waals surface area (Å²) in [6, 6.07) is 98.2. The Morgan fingerprint density at radius 3 is 1.12 bits per heavy atom. The molecular weight excluding hydrogens is 935 g/mol. The first-order valence-electron chi connectivity index (χ1n) is 26.5. The molecule has 0 fully saturated rings. The quantitative estimate of drug-likeness (QED) is 0.172. The van der Waals surface area contributed by atoms with Crippen LogP contribution in [0, 0.1) is 0 Å². The number of fused-ring (bicyclic) bond motifs is 16. The average Bonchev–Trinajstić information content (AvgIpc) is 4.50. The molecule has 0 bridgehead atoms. The number of hydrogen-bond donors (Lipinski definition) is 1. The Balaban J connectivity index is 0.794. The first kappa shape index (κ1) is 42.0. The zero-order valence-corrected chi connectivity index (χ0v) is 41.7. The molecule has 0 aliphatic rings. The van der Waals surface area contributed by atoms with Gasteiger partial charge in [-0.05, 0) is 131 Å². The van der Waals surface area contributed by atoms with Crippen molar-refractivity contribution in [3.8, 4) is 45.0 Å². The Bertz CT molecular complexity index is 5240. The molecule has 17 rings (SSSR count). The monoisotopic (exact) mass is 979 g/mol. The van der Waals surface area contributed by atoms with Gasteiger partial charge < -0.3 is 23.3 Å². The fourth-order valence-corrected chi connectivity index (χ4v) is 13.0. The van der Waals surface area contributed by atoms with Crippen LogP contribution >= 0.6 is 0 Å². The number of aromatic nitrogens is 5. The molecule has 17 aromatic rings. The van der Waals surface area contributed by atoms with Crippen LogP contribution in [0.3, 0.4) is 0 Å². The summed E-state index contributed by atoms with van der Waals surface area (Å²) in [5.41, 5.74) is 21.1. The first-order valence-corrected chi connectivity index (χ1v) is 26.5. The lowest BCUT2D eigenvalue weighted by atomic mass is 10.00. The van der Waals surface area contributed by atoms with Crippen LogP contribution in [-0.2, 0) is 0 Å². The third-order valence-electron chi connectivity index (χ3n) is 16.5. The van der Waals surface area contributed by atoms with Crippen LogP contribution in [0.15, 0.2) is 267 Å². The molecule has 0 saturated heterocycles. The molecule has 5 nitrogen and oxygen atoms in total.